The number of piperidine rings is 1. The molecule has 1 saturated heterocycles. The molecule has 0 bridgehead atoms. The Hall–Kier alpha value is -1.99. The number of nitrogens with zero attached hydrogens (tertiary/aromatic N) is 3. The van der Waals surface area contributed by atoms with Crippen LogP contribution in [0.15, 0.2) is 24.3 Å². The zero-order chi connectivity index (χ0) is 17.5. The first-order chi connectivity index (χ1) is 12.2. The topological polar surface area (TPSA) is 84.1 Å². The highest BCUT2D eigenvalue weighted by Crippen LogP contribution is 2.14. The Kier molecular flexibility index (Phi) is 6.36. The number of nitrogen functional groups attached to an aromatic ring is 1. The van der Waals surface area contributed by atoms with Gasteiger partial charge in [-0.05, 0) is 50.0 Å². The van der Waals surface area contributed by atoms with Crippen LogP contribution in [0.2, 0.25) is 0 Å². The summed E-state index contributed by atoms with van der Waals surface area (Å²) in [6, 6.07) is 7.96. The number of rotatable bonds is 7. The van der Waals surface area contributed by atoms with Crippen LogP contribution >= 0.6 is 11.3 Å². The van der Waals surface area contributed by atoms with Crippen molar-refractivity contribution >= 4 is 22.4 Å². The Morgan fingerprint density at radius 1 is 1.16 bits per heavy atom. The summed E-state index contributed by atoms with van der Waals surface area (Å²) in [5.74, 6) is -0.0266. The molecule has 2 aromatic rings. The third-order valence-electron chi connectivity index (χ3n) is 4.41. The van der Waals surface area contributed by atoms with Crippen LogP contribution in [0.25, 0.3) is 0 Å². The van der Waals surface area contributed by atoms with Crippen LogP contribution in [0.3, 0.4) is 0 Å². The fraction of sp³-hybridized carbons (Fsp3) is 0.500. The number of nitrogens with two attached hydrogens (primary N) is 1. The lowest BCUT2D eigenvalue weighted by Gasteiger charge is -2.26. The zero-order valence-corrected chi connectivity index (χ0v) is 15.2. The van der Waals surface area contributed by atoms with E-state index in [9.17, 15) is 4.79 Å². The van der Waals surface area contributed by atoms with Gasteiger partial charge in [0, 0.05) is 25.1 Å². The Morgan fingerprint density at radius 2 is 1.92 bits per heavy atom. The van der Waals surface area contributed by atoms with Crippen LogP contribution in [-0.2, 0) is 13.0 Å². The minimum atomic E-state index is -0.0266. The Balaban J connectivity index is 1.40. The lowest BCUT2D eigenvalue weighted by molar-refractivity contribution is 0.0953. The van der Waals surface area contributed by atoms with Gasteiger partial charge in [-0.15, -0.1) is 10.2 Å². The molecule has 1 aliphatic heterocycles. The molecule has 1 fully saturated rings. The number of benzene rings is 1. The number of aromatic nitrogens is 2. The molecule has 0 aliphatic carbocycles. The number of hydrogen-bond acceptors (Lipinski definition) is 6. The predicted molar refractivity (Wildman–Crippen MR) is 101 cm³/mol. The molecular formula is C18H25N5OS. The van der Waals surface area contributed by atoms with E-state index < -0.39 is 0 Å². The maximum absolute atomic E-state index is 12.2. The van der Waals surface area contributed by atoms with Gasteiger partial charge in [0.25, 0.3) is 5.91 Å². The summed E-state index contributed by atoms with van der Waals surface area (Å²) in [7, 11) is 0. The Morgan fingerprint density at radius 3 is 2.60 bits per heavy atom. The highest BCUT2D eigenvalue weighted by Gasteiger charge is 2.11. The van der Waals surface area contributed by atoms with Crippen molar-refractivity contribution in [1.29, 1.82) is 0 Å². The second-order valence-electron chi connectivity index (χ2n) is 6.43. The van der Waals surface area contributed by atoms with Crippen molar-refractivity contribution in [3.05, 3.63) is 40.4 Å². The largest absolute Gasteiger partial charge is 0.374 e. The molecule has 0 unspecified atom stereocenters. The van der Waals surface area contributed by atoms with Crippen LogP contribution in [0.4, 0.5) is 5.13 Å². The quantitative estimate of drug-likeness (QED) is 0.742. The minimum absolute atomic E-state index is 0.0266. The van der Waals surface area contributed by atoms with Crippen molar-refractivity contribution in [3.8, 4) is 0 Å². The molecular weight excluding hydrogens is 334 g/mol. The highest BCUT2D eigenvalue weighted by molar-refractivity contribution is 7.15. The average molecular weight is 359 g/mol. The number of likely N-dealkylation sites (tertiary alicyclic amines) is 1. The van der Waals surface area contributed by atoms with Gasteiger partial charge in [-0.3, -0.25) is 9.69 Å². The number of hydrogen-bond donors (Lipinski definition) is 2. The Labute approximate surface area is 152 Å². The van der Waals surface area contributed by atoms with Crippen LogP contribution < -0.4 is 11.1 Å². The van der Waals surface area contributed by atoms with Crippen molar-refractivity contribution in [2.45, 2.75) is 38.6 Å². The van der Waals surface area contributed by atoms with Gasteiger partial charge in [0.05, 0.1) is 0 Å². The molecule has 0 saturated carbocycles. The van der Waals surface area contributed by atoms with Crippen LogP contribution in [-0.4, -0.2) is 40.6 Å². The van der Waals surface area contributed by atoms with Crippen LogP contribution in [0, 0.1) is 0 Å². The third-order valence-corrected chi connectivity index (χ3v) is 5.22. The molecule has 1 aliphatic rings. The summed E-state index contributed by atoms with van der Waals surface area (Å²) in [6.07, 6.45) is 5.55. The second kappa shape index (κ2) is 8.92. The monoisotopic (exact) mass is 359 g/mol. The van der Waals surface area contributed by atoms with Gasteiger partial charge in [-0.2, -0.15) is 0 Å². The lowest BCUT2D eigenvalue weighted by Crippen LogP contribution is -2.29. The number of carbonyl (C=O) groups is 1. The summed E-state index contributed by atoms with van der Waals surface area (Å²) >= 11 is 1.40. The van der Waals surface area contributed by atoms with E-state index in [1.807, 2.05) is 12.1 Å². The van der Waals surface area contributed by atoms with E-state index >= 15 is 0 Å². The van der Waals surface area contributed by atoms with Gasteiger partial charge in [0.1, 0.15) is 5.01 Å². The fourth-order valence-corrected chi connectivity index (χ4v) is 3.70. The van der Waals surface area contributed by atoms with Crippen molar-refractivity contribution in [3.63, 3.8) is 0 Å². The smallest absolute Gasteiger partial charge is 0.251 e. The predicted octanol–water partition coefficient (Wildman–Crippen LogP) is 2.47. The number of anilines is 1. The first-order valence-corrected chi connectivity index (χ1v) is 9.70. The third kappa shape index (κ3) is 5.51. The average Bonchev–Trinajstić information content (AvgIpc) is 3.05. The SMILES string of the molecule is Nc1nnc(CCCNC(=O)c2ccc(CN3CCCCC3)cc2)s1. The van der Waals surface area contributed by atoms with E-state index in [0.717, 1.165) is 24.4 Å². The molecule has 1 aromatic heterocycles. The second-order valence-corrected chi connectivity index (χ2v) is 7.52. The molecule has 6 nitrogen and oxygen atoms in total. The number of amides is 1. The number of carbonyl (C=O) groups excluding carboxylic acids is 1. The lowest BCUT2D eigenvalue weighted by atomic mass is 10.1. The van der Waals surface area contributed by atoms with Crippen molar-refractivity contribution in [2.24, 2.45) is 0 Å². The molecule has 2 heterocycles. The number of nitrogens with one attached hydrogen (secondary N) is 1. The Bertz CT molecular complexity index is 679. The van der Waals surface area contributed by atoms with Crippen LogP contribution in [0.1, 0.15) is 46.6 Å². The van der Waals surface area contributed by atoms with E-state index in [2.05, 4.69) is 32.5 Å². The van der Waals surface area contributed by atoms with E-state index in [1.54, 1.807) is 0 Å². The molecule has 0 atom stereocenters. The van der Waals surface area contributed by atoms with Gasteiger partial charge in [0.15, 0.2) is 0 Å². The summed E-state index contributed by atoms with van der Waals surface area (Å²) in [5, 5.41) is 12.1. The molecule has 7 heteroatoms. The minimum Gasteiger partial charge on any atom is -0.374 e. The van der Waals surface area contributed by atoms with Crippen molar-refractivity contribution < 1.29 is 4.79 Å². The summed E-state index contributed by atoms with van der Waals surface area (Å²) in [6.45, 7) is 3.96. The normalized spacial score (nSPS) is 15.2. The molecule has 1 amide bonds. The van der Waals surface area contributed by atoms with E-state index in [-0.39, 0.29) is 5.91 Å². The molecule has 1 aromatic carbocycles. The maximum atomic E-state index is 12.2. The molecule has 134 valence electrons. The van der Waals surface area contributed by atoms with Gasteiger partial charge in [0.2, 0.25) is 5.13 Å². The summed E-state index contributed by atoms with van der Waals surface area (Å²) < 4.78 is 0. The van der Waals surface area contributed by atoms with Gasteiger partial charge >= 0.3 is 0 Å². The number of aryl methyl sites for hydroxylation is 1. The maximum Gasteiger partial charge on any atom is 0.251 e. The van der Waals surface area contributed by atoms with Gasteiger partial charge < -0.3 is 11.1 Å². The van der Waals surface area contributed by atoms with Gasteiger partial charge in [-0.1, -0.05) is 29.9 Å². The van der Waals surface area contributed by atoms with E-state index in [4.69, 9.17) is 5.73 Å². The first-order valence-electron chi connectivity index (χ1n) is 8.88. The zero-order valence-electron chi connectivity index (χ0n) is 14.4. The molecule has 3 N–H and O–H groups in total. The summed E-state index contributed by atoms with van der Waals surface area (Å²) in [5.41, 5.74) is 7.53. The van der Waals surface area contributed by atoms with Crippen molar-refractivity contribution in [1.82, 2.24) is 20.4 Å². The summed E-state index contributed by atoms with van der Waals surface area (Å²) in [4.78, 5) is 14.7. The molecule has 3 rings (SSSR count). The molecule has 0 spiro atoms. The van der Waals surface area contributed by atoms with E-state index in [0.29, 0.717) is 17.2 Å². The van der Waals surface area contributed by atoms with Gasteiger partial charge in [-0.25, -0.2) is 0 Å². The van der Waals surface area contributed by atoms with E-state index in [1.165, 1.54) is 49.3 Å². The van der Waals surface area contributed by atoms with Crippen molar-refractivity contribution in [2.75, 3.05) is 25.4 Å². The standard InChI is InChI=1S/C18H25N5OS/c19-18-22-21-16(25-18)5-4-10-20-17(24)15-8-6-14(7-9-15)13-23-11-2-1-3-12-23/h6-9H,1-5,10-13H2,(H2,19,22)(H,20,24). The van der Waals surface area contributed by atoms with Crippen LogP contribution in [0.5, 0.6) is 0 Å². The fourth-order valence-electron chi connectivity index (χ4n) is 3.05. The molecule has 0 radical (unpaired) electrons. The highest BCUT2D eigenvalue weighted by atomic mass is 32.1. The first kappa shape index (κ1) is 17.8. The molecule has 25 heavy (non-hydrogen) atoms.